The molecule has 1 N–H and O–H groups in total. The van der Waals surface area contributed by atoms with Crippen molar-refractivity contribution >= 4 is 5.97 Å². The molecule has 0 amide bonds. The molecule has 0 aliphatic carbocycles. The van der Waals surface area contributed by atoms with Crippen LogP contribution in [0.5, 0.6) is 5.75 Å². The van der Waals surface area contributed by atoms with E-state index in [0.29, 0.717) is 17.7 Å². The van der Waals surface area contributed by atoms with Gasteiger partial charge in [-0.1, -0.05) is 25.1 Å². The molecule has 0 aliphatic heterocycles. The molecule has 18 heavy (non-hydrogen) atoms. The van der Waals surface area contributed by atoms with Crippen molar-refractivity contribution in [2.45, 2.75) is 39.4 Å². The van der Waals surface area contributed by atoms with Gasteiger partial charge in [-0.25, -0.2) is 4.79 Å². The van der Waals surface area contributed by atoms with Crippen LogP contribution in [0.15, 0.2) is 24.3 Å². The van der Waals surface area contributed by atoms with Crippen molar-refractivity contribution in [3.8, 4) is 5.75 Å². The van der Waals surface area contributed by atoms with E-state index >= 15 is 0 Å². The summed E-state index contributed by atoms with van der Waals surface area (Å²) in [6, 6.07) is 7.15. The first kappa shape index (κ1) is 14.5. The average molecular weight is 252 g/mol. The molecule has 0 saturated carbocycles. The van der Waals surface area contributed by atoms with Gasteiger partial charge in [0.25, 0.3) is 0 Å². The summed E-state index contributed by atoms with van der Waals surface area (Å²) in [7, 11) is 0. The van der Waals surface area contributed by atoms with Crippen LogP contribution in [0.4, 0.5) is 0 Å². The van der Waals surface area contributed by atoms with E-state index in [1.807, 2.05) is 13.0 Å². The number of carbonyl (C=O) groups is 1. The first-order chi connectivity index (χ1) is 8.54. The number of ether oxygens (including phenoxy) is 2. The highest BCUT2D eigenvalue weighted by Crippen LogP contribution is 2.26. The van der Waals surface area contributed by atoms with E-state index in [4.69, 9.17) is 9.47 Å². The lowest BCUT2D eigenvalue weighted by atomic mass is 10.1. The molecule has 1 rings (SSSR count). The molecule has 0 heterocycles. The van der Waals surface area contributed by atoms with Crippen molar-refractivity contribution in [1.82, 2.24) is 0 Å². The Balaban J connectivity index is 2.64. The molecule has 0 aromatic heterocycles. The van der Waals surface area contributed by atoms with Crippen molar-refractivity contribution in [2.24, 2.45) is 0 Å². The summed E-state index contributed by atoms with van der Waals surface area (Å²) in [4.78, 5) is 11.4. The molecule has 100 valence electrons. The van der Waals surface area contributed by atoms with Crippen LogP contribution in [0.3, 0.4) is 0 Å². The van der Waals surface area contributed by atoms with Crippen LogP contribution in [-0.2, 0) is 9.53 Å². The number of hydrogen-bond acceptors (Lipinski definition) is 4. The van der Waals surface area contributed by atoms with Crippen molar-refractivity contribution < 1.29 is 19.4 Å². The number of aliphatic hydroxyl groups is 1. The first-order valence-electron chi connectivity index (χ1n) is 6.13. The third-order valence-electron chi connectivity index (χ3n) is 2.38. The maximum absolute atomic E-state index is 11.4. The Morgan fingerprint density at radius 1 is 1.33 bits per heavy atom. The minimum atomic E-state index is -0.581. The van der Waals surface area contributed by atoms with Gasteiger partial charge in [0, 0.05) is 5.56 Å². The highest BCUT2D eigenvalue weighted by molar-refractivity contribution is 5.71. The predicted octanol–water partition coefficient (Wildman–Crippen LogP) is 2.46. The van der Waals surface area contributed by atoms with Crippen LogP contribution in [0.1, 0.15) is 38.9 Å². The molecule has 0 radical (unpaired) electrons. The molecule has 1 aromatic carbocycles. The molecule has 4 nitrogen and oxygen atoms in total. The molecule has 0 unspecified atom stereocenters. The average Bonchev–Trinajstić information content (AvgIpc) is 2.35. The van der Waals surface area contributed by atoms with Gasteiger partial charge in [0.2, 0.25) is 0 Å². The van der Waals surface area contributed by atoms with Crippen LogP contribution < -0.4 is 4.74 Å². The van der Waals surface area contributed by atoms with Gasteiger partial charge in [0.05, 0.1) is 12.2 Å². The quantitative estimate of drug-likeness (QED) is 0.790. The third kappa shape index (κ3) is 4.37. The van der Waals surface area contributed by atoms with Gasteiger partial charge in [-0.2, -0.15) is 0 Å². The number of rotatable bonds is 6. The van der Waals surface area contributed by atoms with E-state index in [0.717, 1.165) is 0 Å². The Labute approximate surface area is 108 Å². The molecule has 0 aliphatic rings. The zero-order valence-corrected chi connectivity index (χ0v) is 11.1. The van der Waals surface area contributed by atoms with E-state index in [-0.39, 0.29) is 12.7 Å². The second-order valence-electron chi connectivity index (χ2n) is 4.29. The lowest BCUT2D eigenvalue weighted by molar-refractivity contribution is -0.149. The topological polar surface area (TPSA) is 55.8 Å². The fourth-order valence-corrected chi connectivity index (χ4v) is 1.54. The highest BCUT2D eigenvalue weighted by Gasteiger charge is 2.13. The minimum absolute atomic E-state index is 0.147. The maximum atomic E-state index is 11.4. The number of para-hydroxylation sites is 1. The molecule has 1 atom stereocenters. The molecule has 0 saturated heterocycles. The summed E-state index contributed by atoms with van der Waals surface area (Å²) < 4.78 is 10.4. The van der Waals surface area contributed by atoms with Crippen molar-refractivity contribution in [2.75, 3.05) is 6.61 Å². The highest BCUT2D eigenvalue weighted by atomic mass is 16.6. The number of benzene rings is 1. The number of esters is 1. The molecule has 0 spiro atoms. The molecular weight excluding hydrogens is 232 g/mol. The zero-order chi connectivity index (χ0) is 13.5. The Morgan fingerprint density at radius 3 is 2.61 bits per heavy atom. The van der Waals surface area contributed by atoms with E-state index in [9.17, 15) is 9.90 Å². The molecule has 0 bridgehead atoms. The van der Waals surface area contributed by atoms with E-state index in [1.54, 1.807) is 32.0 Å². The Hall–Kier alpha value is -1.55. The molecular formula is C14H20O4. The van der Waals surface area contributed by atoms with Crippen molar-refractivity contribution in [3.63, 3.8) is 0 Å². The number of aliphatic hydroxyl groups excluding tert-OH is 1. The normalized spacial score (nSPS) is 12.3. The van der Waals surface area contributed by atoms with E-state index in [1.165, 1.54) is 0 Å². The standard InChI is InChI=1S/C14H20O4/c1-4-12(15)11-7-5-6-8-13(11)17-9-14(16)18-10(2)3/h5-8,10,12,15H,4,9H2,1-3H3/t12-/m0/s1. The molecule has 4 heteroatoms. The van der Waals surface area contributed by atoms with Crippen LogP contribution in [0.2, 0.25) is 0 Å². The lowest BCUT2D eigenvalue weighted by Crippen LogP contribution is -2.19. The van der Waals surface area contributed by atoms with Crippen molar-refractivity contribution in [1.29, 1.82) is 0 Å². The Bertz CT molecular complexity index is 387. The van der Waals surface area contributed by atoms with Gasteiger partial charge < -0.3 is 14.6 Å². The van der Waals surface area contributed by atoms with Gasteiger partial charge in [-0.05, 0) is 26.3 Å². The van der Waals surface area contributed by atoms with Gasteiger partial charge in [0.15, 0.2) is 6.61 Å². The zero-order valence-electron chi connectivity index (χ0n) is 11.1. The predicted molar refractivity (Wildman–Crippen MR) is 68.4 cm³/mol. The monoisotopic (exact) mass is 252 g/mol. The van der Waals surface area contributed by atoms with Gasteiger partial charge >= 0.3 is 5.97 Å². The van der Waals surface area contributed by atoms with Crippen molar-refractivity contribution in [3.05, 3.63) is 29.8 Å². The first-order valence-corrected chi connectivity index (χ1v) is 6.13. The molecule has 0 fully saturated rings. The smallest absolute Gasteiger partial charge is 0.344 e. The third-order valence-corrected chi connectivity index (χ3v) is 2.38. The second kappa shape index (κ2) is 7.01. The minimum Gasteiger partial charge on any atom is -0.482 e. The second-order valence-corrected chi connectivity index (χ2v) is 4.29. The van der Waals surface area contributed by atoms with Gasteiger partial charge in [0.1, 0.15) is 5.75 Å². The Morgan fingerprint density at radius 2 is 2.00 bits per heavy atom. The fourth-order valence-electron chi connectivity index (χ4n) is 1.54. The van der Waals surface area contributed by atoms with Gasteiger partial charge in [-0.3, -0.25) is 0 Å². The van der Waals surface area contributed by atoms with Crippen LogP contribution in [-0.4, -0.2) is 23.8 Å². The lowest BCUT2D eigenvalue weighted by Gasteiger charge is -2.15. The van der Waals surface area contributed by atoms with E-state index < -0.39 is 12.1 Å². The summed E-state index contributed by atoms with van der Waals surface area (Å²) in [5, 5.41) is 9.82. The van der Waals surface area contributed by atoms with Gasteiger partial charge in [-0.15, -0.1) is 0 Å². The van der Waals surface area contributed by atoms with Crippen LogP contribution >= 0.6 is 0 Å². The summed E-state index contributed by atoms with van der Waals surface area (Å²) in [5.41, 5.74) is 0.692. The Kier molecular flexibility index (Phi) is 5.65. The SMILES string of the molecule is CC[C@H](O)c1ccccc1OCC(=O)OC(C)C. The summed E-state index contributed by atoms with van der Waals surface area (Å²) >= 11 is 0. The van der Waals surface area contributed by atoms with Crippen LogP contribution in [0.25, 0.3) is 0 Å². The number of hydrogen-bond donors (Lipinski definition) is 1. The maximum Gasteiger partial charge on any atom is 0.344 e. The summed E-state index contributed by atoms with van der Waals surface area (Å²) in [6.07, 6.45) is -0.142. The largest absolute Gasteiger partial charge is 0.482 e. The summed E-state index contributed by atoms with van der Waals surface area (Å²) in [6.45, 7) is 5.31. The number of carbonyl (C=O) groups excluding carboxylic acids is 1. The van der Waals surface area contributed by atoms with Crippen LogP contribution in [0, 0.1) is 0 Å². The fraction of sp³-hybridized carbons (Fsp3) is 0.500. The molecule has 1 aromatic rings. The summed E-state index contributed by atoms with van der Waals surface area (Å²) in [5.74, 6) is 0.110. The van der Waals surface area contributed by atoms with E-state index in [2.05, 4.69) is 0 Å².